The number of hydrogen-bond donors (Lipinski definition) is 1. The molecule has 2 N–H and O–H groups in total. The first-order valence-corrected chi connectivity index (χ1v) is 5.82. The molecule has 0 spiro atoms. The predicted octanol–water partition coefficient (Wildman–Crippen LogP) is 2.36. The van der Waals surface area contributed by atoms with Gasteiger partial charge in [0.2, 0.25) is 0 Å². The van der Waals surface area contributed by atoms with Crippen LogP contribution in [0, 0.1) is 0 Å². The lowest BCUT2D eigenvalue weighted by Crippen LogP contribution is -2.40. The Hall–Kier alpha value is -1.30. The van der Waals surface area contributed by atoms with E-state index in [4.69, 9.17) is 5.73 Å². The normalized spacial score (nSPS) is 11.9. The van der Waals surface area contributed by atoms with Crippen LogP contribution in [0.2, 0.25) is 0 Å². The van der Waals surface area contributed by atoms with Gasteiger partial charge in [-0.1, -0.05) is 6.07 Å². The summed E-state index contributed by atoms with van der Waals surface area (Å²) in [5.74, 6) is 0.371. The van der Waals surface area contributed by atoms with E-state index >= 15 is 0 Å². The van der Waals surface area contributed by atoms with Gasteiger partial charge in [0.05, 0.1) is 0 Å². The van der Waals surface area contributed by atoms with Gasteiger partial charge in [0, 0.05) is 12.2 Å². The zero-order chi connectivity index (χ0) is 13.8. The van der Waals surface area contributed by atoms with Crippen LogP contribution in [0.15, 0.2) is 18.3 Å². The van der Waals surface area contributed by atoms with Gasteiger partial charge in [-0.25, -0.2) is 4.98 Å². The summed E-state index contributed by atoms with van der Waals surface area (Å²) < 4.78 is 37.7. The van der Waals surface area contributed by atoms with Crippen LogP contribution >= 0.6 is 0 Å². The number of nitrogens with two attached hydrogens (primary N) is 1. The third-order valence-electron chi connectivity index (χ3n) is 2.53. The van der Waals surface area contributed by atoms with Crippen molar-refractivity contribution in [2.75, 3.05) is 18.0 Å². The summed E-state index contributed by atoms with van der Waals surface area (Å²) >= 11 is 0. The fraction of sp³-hybridized carbons (Fsp3) is 0.583. The van der Waals surface area contributed by atoms with Gasteiger partial charge < -0.3 is 10.6 Å². The van der Waals surface area contributed by atoms with Crippen LogP contribution in [0.1, 0.15) is 19.4 Å². The molecule has 0 aliphatic heterocycles. The predicted molar refractivity (Wildman–Crippen MR) is 65.5 cm³/mol. The van der Waals surface area contributed by atoms with Crippen LogP contribution in [0.5, 0.6) is 0 Å². The minimum absolute atomic E-state index is 0.280. The third-order valence-corrected chi connectivity index (χ3v) is 2.53. The Morgan fingerprint density at radius 2 is 2.06 bits per heavy atom. The Morgan fingerprint density at radius 1 is 1.39 bits per heavy atom. The van der Waals surface area contributed by atoms with Gasteiger partial charge in [0.25, 0.3) is 0 Å². The highest BCUT2D eigenvalue weighted by Gasteiger charge is 2.33. The van der Waals surface area contributed by atoms with Crippen molar-refractivity contribution in [2.24, 2.45) is 5.73 Å². The molecule has 0 saturated heterocycles. The summed E-state index contributed by atoms with van der Waals surface area (Å²) in [5, 5.41) is 0. The number of aromatic nitrogens is 1. The van der Waals surface area contributed by atoms with Crippen LogP contribution in [-0.4, -0.2) is 30.3 Å². The molecule has 1 aromatic heterocycles. The number of nitrogens with zero attached hydrogens (tertiary/aromatic N) is 2. The van der Waals surface area contributed by atoms with Crippen LogP contribution < -0.4 is 10.6 Å². The van der Waals surface area contributed by atoms with E-state index in [-0.39, 0.29) is 6.04 Å². The Morgan fingerprint density at radius 3 is 2.56 bits per heavy atom. The molecular formula is C12H18F3N3. The molecule has 0 radical (unpaired) electrons. The molecule has 18 heavy (non-hydrogen) atoms. The molecular weight excluding hydrogens is 243 g/mol. The van der Waals surface area contributed by atoms with Gasteiger partial charge in [-0.3, -0.25) is 0 Å². The van der Waals surface area contributed by atoms with E-state index < -0.39 is 12.7 Å². The highest BCUT2D eigenvalue weighted by molar-refractivity contribution is 5.47. The van der Waals surface area contributed by atoms with Crippen LogP contribution in [0.25, 0.3) is 0 Å². The molecule has 0 aromatic carbocycles. The van der Waals surface area contributed by atoms with Crippen molar-refractivity contribution < 1.29 is 13.2 Å². The zero-order valence-corrected chi connectivity index (χ0v) is 10.5. The molecule has 0 atom stereocenters. The second-order valence-electron chi connectivity index (χ2n) is 4.36. The Bertz CT molecular complexity index is 377. The molecule has 3 nitrogen and oxygen atoms in total. The fourth-order valence-corrected chi connectivity index (χ4v) is 1.73. The van der Waals surface area contributed by atoms with E-state index in [2.05, 4.69) is 4.98 Å². The van der Waals surface area contributed by atoms with Crippen molar-refractivity contribution in [1.82, 2.24) is 4.98 Å². The lowest BCUT2D eigenvalue weighted by molar-refractivity contribution is -0.120. The molecule has 1 heterocycles. The third kappa shape index (κ3) is 4.18. The molecule has 1 aromatic rings. The van der Waals surface area contributed by atoms with Crippen LogP contribution in [0.3, 0.4) is 0 Å². The minimum Gasteiger partial charge on any atom is -0.345 e. The molecule has 0 amide bonds. The fourth-order valence-electron chi connectivity index (χ4n) is 1.73. The lowest BCUT2D eigenvalue weighted by atomic mass is 10.1. The van der Waals surface area contributed by atoms with Crippen molar-refractivity contribution in [1.29, 1.82) is 0 Å². The monoisotopic (exact) mass is 261 g/mol. The number of alkyl halides is 3. The van der Waals surface area contributed by atoms with Crippen molar-refractivity contribution in [2.45, 2.75) is 32.5 Å². The van der Waals surface area contributed by atoms with Crippen molar-refractivity contribution >= 4 is 5.82 Å². The maximum Gasteiger partial charge on any atom is 0.405 e. The lowest BCUT2D eigenvalue weighted by Gasteiger charge is -2.30. The largest absolute Gasteiger partial charge is 0.405 e. The van der Waals surface area contributed by atoms with Gasteiger partial charge >= 0.3 is 6.18 Å². The standard InChI is InChI=1S/C12H18F3N3/c1-9(2)18(8-12(13,14)15)11-10(5-6-16)4-3-7-17-11/h3-4,7,9H,5-6,8,16H2,1-2H3. The van der Waals surface area contributed by atoms with Gasteiger partial charge in [-0.15, -0.1) is 0 Å². The summed E-state index contributed by atoms with van der Waals surface area (Å²) in [6.07, 6.45) is -2.23. The van der Waals surface area contributed by atoms with E-state index in [0.717, 1.165) is 5.56 Å². The first kappa shape index (κ1) is 14.8. The van der Waals surface area contributed by atoms with Crippen molar-refractivity contribution in [3.63, 3.8) is 0 Å². The molecule has 1 rings (SSSR count). The number of rotatable bonds is 5. The van der Waals surface area contributed by atoms with Crippen molar-refractivity contribution in [3.05, 3.63) is 23.9 Å². The molecule has 0 fully saturated rings. The first-order valence-electron chi connectivity index (χ1n) is 5.82. The second kappa shape index (κ2) is 6.04. The molecule has 0 saturated carbocycles. The van der Waals surface area contributed by atoms with Gasteiger partial charge in [0.15, 0.2) is 0 Å². The molecule has 0 aliphatic carbocycles. The first-order chi connectivity index (χ1) is 8.35. The average Bonchev–Trinajstić information content (AvgIpc) is 2.26. The molecule has 0 unspecified atom stereocenters. The zero-order valence-electron chi connectivity index (χ0n) is 10.5. The van der Waals surface area contributed by atoms with E-state index in [1.807, 2.05) is 0 Å². The maximum absolute atomic E-state index is 12.6. The smallest absolute Gasteiger partial charge is 0.345 e. The number of hydrogen-bond acceptors (Lipinski definition) is 3. The number of halogens is 3. The average molecular weight is 261 g/mol. The molecule has 102 valence electrons. The van der Waals surface area contributed by atoms with E-state index in [0.29, 0.717) is 18.8 Å². The summed E-state index contributed by atoms with van der Waals surface area (Å²) in [6, 6.07) is 3.19. The Balaban J connectivity index is 3.05. The number of pyridine rings is 1. The minimum atomic E-state index is -4.25. The summed E-state index contributed by atoms with van der Waals surface area (Å²) in [4.78, 5) is 5.33. The molecule has 0 bridgehead atoms. The Labute approximate surface area is 105 Å². The van der Waals surface area contributed by atoms with Crippen LogP contribution in [0.4, 0.5) is 19.0 Å². The molecule has 0 aliphatic rings. The maximum atomic E-state index is 12.6. The summed E-state index contributed by atoms with van der Waals surface area (Å²) in [7, 11) is 0. The van der Waals surface area contributed by atoms with E-state index in [1.165, 1.54) is 11.1 Å². The number of anilines is 1. The van der Waals surface area contributed by atoms with Gasteiger partial charge in [0.1, 0.15) is 12.4 Å². The SMILES string of the molecule is CC(C)N(CC(F)(F)F)c1ncccc1CCN. The van der Waals surface area contributed by atoms with E-state index in [9.17, 15) is 13.2 Å². The van der Waals surface area contributed by atoms with Gasteiger partial charge in [-0.2, -0.15) is 13.2 Å². The van der Waals surface area contributed by atoms with E-state index in [1.54, 1.807) is 26.0 Å². The topological polar surface area (TPSA) is 42.2 Å². The highest BCUT2D eigenvalue weighted by Crippen LogP contribution is 2.25. The quantitative estimate of drug-likeness (QED) is 0.884. The second-order valence-corrected chi connectivity index (χ2v) is 4.36. The van der Waals surface area contributed by atoms with Crippen LogP contribution in [-0.2, 0) is 6.42 Å². The van der Waals surface area contributed by atoms with Gasteiger partial charge in [-0.05, 0) is 38.4 Å². The Kier molecular flexibility index (Phi) is 4.95. The highest BCUT2D eigenvalue weighted by atomic mass is 19.4. The summed E-state index contributed by atoms with van der Waals surface area (Å²) in [5.41, 5.74) is 6.21. The van der Waals surface area contributed by atoms with Crippen molar-refractivity contribution in [3.8, 4) is 0 Å². The summed E-state index contributed by atoms with van der Waals surface area (Å²) in [6.45, 7) is 2.81. The molecule has 6 heteroatoms.